The third kappa shape index (κ3) is 5.42. The Morgan fingerprint density at radius 2 is 2.33 bits per heavy atom. The lowest BCUT2D eigenvalue weighted by atomic mass is 10.0. The van der Waals surface area contributed by atoms with Gasteiger partial charge in [-0.15, -0.1) is 0 Å². The molecular formula is C11H20N2O2. The van der Waals surface area contributed by atoms with Gasteiger partial charge in [0.25, 0.3) is 0 Å². The Morgan fingerprint density at radius 1 is 1.47 bits per heavy atom. The highest BCUT2D eigenvalue weighted by Gasteiger charge is 2.11. The average molecular weight is 212 g/mol. The summed E-state index contributed by atoms with van der Waals surface area (Å²) in [5.74, 6) is 0. The molecule has 3 N–H and O–H groups in total. The molecule has 15 heavy (non-hydrogen) atoms. The van der Waals surface area contributed by atoms with Crippen LogP contribution in [0, 0.1) is 0 Å². The van der Waals surface area contributed by atoms with E-state index in [2.05, 4.69) is 11.4 Å². The molecule has 0 bridgehead atoms. The number of hydrogen-bond donors (Lipinski definition) is 2. The van der Waals surface area contributed by atoms with Crippen LogP contribution in [0.3, 0.4) is 0 Å². The number of alkyl carbamates (subject to hydrolysis) is 1. The van der Waals surface area contributed by atoms with Gasteiger partial charge in [0.05, 0.1) is 0 Å². The Labute approximate surface area is 90.9 Å². The number of rotatable bonds is 3. The summed E-state index contributed by atoms with van der Waals surface area (Å²) in [6, 6.07) is 0. The molecule has 1 atom stereocenters. The predicted molar refractivity (Wildman–Crippen MR) is 59.6 cm³/mol. The van der Waals surface area contributed by atoms with Crippen LogP contribution in [0.25, 0.3) is 0 Å². The van der Waals surface area contributed by atoms with Crippen molar-refractivity contribution in [2.24, 2.45) is 5.73 Å². The minimum absolute atomic E-state index is 0.0666. The van der Waals surface area contributed by atoms with Crippen molar-refractivity contribution in [1.29, 1.82) is 0 Å². The van der Waals surface area contributed by atoms with Crippen LogP contribution in [0.5, 0.6) is 0 Å². The molecule has 0 heterocycles. The number of carbonyl (C=O) groups excluding carboxylic acids is 1. The van der Waals surface area contributed by atoms with Crippen molar-refractivity contribution in [2.45, 2.75) is 38.2 Å². The van der Waals surface area contributed by atoms with Crippen molar-refractivity contribution in [3.63, 3.8) is 0 Å². The topological polar surface area (TPSA) is 64.3 Å². The zero-order valence-electron chi connectivity index (χ0n) is 9.08. The molecule has 0 aromatic rings. The number of amides is 1. The van der Waals surface area contributed by atoms with Crippen LogP contribution in [0.15, 0.2) is 12.2 Å². The second-order valence-corrected chi connectivity index (χ2v) is 3.73. The van der Waals surface area contributed by atoms with E-state index >= 15 is 0 Å². The maximum Gasteiger partial charge on any atom is 0.407 e. The number of carbonyl (C=O) groups is 1. The highest BCUT2D eigenvalue weighted by atomic mass is 16.6. The summed E-state index contributed by atoms with van der Waals surface area (Å²) < 4.78 is 5.24. The summed E-state index contributed by atoms with van der Waals surface area (Å²) in [5.41, 5.74) is 5.27. The zero-order valence-corrected chi connectivity index (χ0v) is 9.08. The maximum atomic E-state index is 11.2. The van der Waals surface area contributed by atoms with Gasteiger partial charge in [-0.2, -0.15) is 0 Å². The fraction of sp³-hybridized carbons (Fsp3) is 0.727. The summed E-state index contributed by atoms with van der Waals surface area (Å²) >= 11 is 0. The molecule has 0 aromatic carbocycles. The Bertz CT molecular complexity index is 217. The molecule has 0 radical (unpaired) electrons. The van der Waals surface area contributed by atoms with Crippen molar-refractivity contribution in [1.82, 2.24) is 5.32 Å². The van der Waals surface area contributed by atoms with Gasteiger partial charge in [-0.05, 0) is 31.8 Å². The molecule has 1 rings (SSSR count). The summed E-state index contributed by atoms with van der Waals surface area (Å²) in [7, 11) is 0. The molecule has 0 spiro atoms. The van der Waals surface area contributed by atoms with E-state index in [0.29, 0.717) is 13.1 Å². The Balaban J connectivity index is 2.28. The molecule has 0 aromatic heterocycles. The van der Waals surface area contributed by atoms with Gasteiger partial charge in [-0.3, -0.25) is 0 Å². The maximum absolute atomic E-state index is 11.2. The molecule has 0 saturated carbocycles. The van der Waals surface area contributed by atoms with Crippen molar-refractivity contribution >= 4 is 6.09 Å². The molecule has 86 valence electrons. The lowest BCUT2D eigenvalue weighted by Crippen LogP contribution is -2.32. The van der Waals surface area contributed by atoms with Crippen molar-refractivity contribution in [3.8, 4) is 0 Å². The van der Waals surface area contributed by atoms with Crippen LogP contribution in [0.1, 0.15) is 32.1 Å². The smallest absolute Gasteiger partial charge is 0.407 e. The standard InChI is InChI=1S/C11H20N2O2/c12-8-9-13-11(14)15-10-6-4-2-1-3-5-7-10/h4,6,10H,1-3,5,7-9,12H2,(H,13,14)/t10-/m1/s1. The summed E-state index contributed by atoms with van der Waals surface area (Å²) in [5, 5.41) is 2.60. The van der Waals surface area contributed by atoms with Gasteiger partial charge in [-0.25, -0.2) is 4.79 Å². The normalized spacial score (nSPS) is 21.5. The fourth-order valence-corrected chi connectivity index (χ4v) is 1.58. The van der Waals surface area contributed by atoms with E-state index in [1.807, 2.05) is 6.08 Å². The van der Waals surface area contributed by atoms with Gasteiger partial charge in [-0.1, -0.05) is 12.5 Å². The van der Waals surface area contributed by atoms with E-state index in [1.54, 1.807) is 0 Å². The van der Waals surface area contributed by atoms with Gasteiger partial charge in [0.15, 0.2) is 0 Å². The van der Waals surface area contributed by atoms with E-state index in [0.717, 1.165) is 19.3 Å². The first-order valence-corrected chi connectivity index (χ1v) is 5.64. The minimum atomic E-state index is -0.365. The quantitative estimate of drug-likeness (QED) is 0.698. The largest absolute Gasteiger partial charge is 0.442 e. The predicted octanol–water partition coefficient (Wildman–Crippen LogP) is 1.56. The Hall–Kier alpha value is -1.03. The molecule has 1 aliphatic carbocycles. The van der Waals surface area contributed by atoms with E-state index < -0.39 is 0 Å². The summed E-state index contributed by atoms with van der Waals surface area (Å²) in [4.78, 5) is 11.2. The van der Waals surface area contributed by atoms with Gasteiger partial charge in [0, 0.05) is 13.1 Å². The number of hydrogen-bond acceptors (Lipinski definition) is 3. The number of nitrogens with two attached hydrogens (primary N) is 1. The van der Waals surface area contributed by atoms with E-state index in [1.165, 1.54) is 12.8 Å². The highest BCUT2D eigenvalue weighted by Crippen LogP contribution is 2.14. The van der Waals surface area contributed by atoms with E-state index in [-0.39, 0.29) is 12.2 Å². The molecular weight excluding hydrogens is 192 g/mol. The average Bonchev–Trinajstić information content (AvgIpc) is 2.19. The van der Waals surface area contributed by atoms with Gasteiger partial charge in [0.1, 0.15) is 6.10 Å². The molecule has 0 fully saturated rings. The summed E-state index contributed by atoms with van der Waals surface area (Å²) in [6.45, 7) is 0.908. The van der Waals surface area contributed by atoms with Gasteiger partial charge < -0.3 is 15.8 Å². The van der Waals surface area contributed by atoms with Crippen LogP contribution in [0.2, 0.25) is 0 Å². The van der Waals surface area contributed by atoms with Crippen LogP contribution in [-0.2, 0) is 4.74 Å². The SMILES string of the molecule is NCCNC(=O)O[C@@H]1C=CCCCCC1. The molecule has 1 amide bonds. The number of allylic oxidation sites excluding steroid dienone is 1. The van der Waals surface area contributed by atoms with Gasteiger partial charge in [0.2, 0.25) is 0 Å². The second kappa shape index (κ2) is 7.29. The zero-order chi connectivity index (χ0) is 10.9. The van der Waals surface area contributed by atoms with Gasteiger partial charge >= 0.3 is 6.09 Å². The molecule has 1 aliphatic rings. The lowest BCUT2D eigenvalue weighted by Gasteiger charge is -2.16. The summed E-state index contributed by atoms with van der Waals surface area (Å²) in [6.07, 6.45) is 9.24. The van der Waals surface area contributed by atoms with Crippen molar-refractivity contribution in [3.05, 3.63) is 12.2 Å². The number of ether oxygens (including phenoxy) is 1. The number of nitrogens with one attached hydrogen (secondary N) is 1. The van der Waals surface area contributed by atoms with E-state index in [4.69, 9.17) is 10.5 Å². The Morgan fingerprint density at radius 3 is 3.13 bits per heavy atom. The minimum Gasteiger partial charge on any atom is -0.442 e. The molecule has 0 aliphatic heterocycles. The highest BCUT2D eigenvalue weighted by molar-refractivity contribution is 5.67. The molecule has 0 unspecified atom stereocenters. The fourth-order valence-electron chi connectivity index (χ4n) is 1.58. The van der Waals surface area contributed by atoms with Crippen LogP contribution in [-0.4, -0.2) is 25.3 Å². The lowest BCUT2D eigenvalue weighted by molar-refractivity contribution is 0.113. The van der Waals surface area contributed by atoms with Crippen LogP contribution in [0.4, 0.5) is 4.79 Å². The molecule has 0 saturated heterocycles. The third-order valence-electron chi connectivity index (χ3n) is 2.38. The third-order valence-corrected chi connectivity index (χ3v) is 2.38. The van der Waals surface area contributed by atoms with Crippen LogP contribution < -0.4 is 11.1 Å². The Kier molecular flexibility index (Phi) is 5.85. The monoisotopic (exact) mass is 212 g/mol. The van der Waals surface area contributed by atoms with Crippen molar-refractivity contribution in [2.75, 3.05) is 13.1 Å². The van der Waals surface area contributed by atoms with E-state index in [9.17, 15) is 4.79 Å². The van der Waals surface area contributed by atoms with Crippen molar-refractivity contribution < 1.29 is 9.53 Å². The first-order chi connectivity index (χ1) is 7.33. The second-order valence-electron chi connectivity index (χ2n) is 3.73. The molecule has 4 nitrogen and oxygen atoms in total. The first kappa shape index (κ1) is 12.0. The first-order valence-electron chi connectivity index (χ1n) is 5.64. The molecule has 4 heteroatoms. The van der Waals surface area contributed by atoms with Crippen LogP contribution >= 0.6 is 0 Å².